The summed E-state index contributed by atoms with van der Waals surface area (Å²) >= 11 is 0. The maximum absolute atomic E-state index is 11.8. The van der Waals surface area contributed by atoms with E-state index >= 15 is 0 Å². The summed E-state index contributed by atoms with van der Waals surface area (Å²) in [7, 11) is -1.92. The van der Waals surface area contributed by atoms with Gasteiger partial charge in [0.15, 0.2) is 5.03 Å². The Kier molecular flexibility index (Phi) is 5.56. The number of hydrogen-bond donors (Lipinski definition) is 3. The van der Waals surface area contributed by atoms with Gasteiger partial charge in [-0.2, -0.15) is 5.10 Å². The van der Waals surface area contributed by atoms with Crippen molar-refractivity contribution in [1.82, 2.24) is 14.9 Å². The summed E-state index contributed by atoms with van der Waals surface area (Å²) in [5.74, 6) is 0. The third kappa shape index (κ3) is 4.08. The van der Waals surface area contributed by atoms with Crippen LogP contribution in [-0.4, -0.2) is 38.9 Å². The Morgan fingerprint density at radius 2 is 2.29 bits per heavy atom. The van der Waals surface area contributed by atoms with E-state index in [-0.39, 0.29) is 11.6 Å². The predicted molar refractivity (Wildman–Crippen MR) is 62.8 cm³/mol. The summed E-state index contributed by atoms with van der Waals surface area (Å²) in [6.07, 6.45) is 2.95. The molecule has 17 heavy (non-hydrogen) atoms. The number of H-pyrrole nitrogens is 1. The molecule has 1 aromatic heterocycles. The van der Waals surface area contributed by atoms with Crippen molar-refractivity contribution >= 4 is 10.0 Å². The van der Waals surface area contributed by atoms with Crippen LogP contribution in [0.25, 0.3) is 0 Å². The van der Waals surface area contributed by atoms with Gasteiger partial charge in [0.05, 0.1) is 6.20 Å². The molecule has 0 amide bonds. The Morgan fingerprint density at radius 3 is 2.94 bits per heavy atom. The van der Waals surface area contributed by atoms with Crippen LogP contribution in [-0.2, 0) is 21.3 Å². The van der Waals surface area contributed by atoms with Crippen molar-refractivity contribution in [2.24, 2.45) is 5.73 Å². The molecule has 7 nitrogen and oxygen atoms in total. The number of sulfonamides is 1. The Balaban J connectivity index is 2.51. The number of unbranched alkanes of at least 4 members (excludes halogenated alkanes) is 1. The highest BCUT2D eigenvalue weighted by Gasteiger charge is 2.19. The highest BCUT2D eigenvalue weighted by atomic mass is 32.2. The van der Waals surface area contributed by atoms with E-state index in [1.165, 1.54) is 6.20 Å². The van der Waals surface area contributed by atoms with Gasteiger partial charge in [-0.25, -0.2) is 13.1 Å². The Morgan fingerprint density at radius 1 is 1.53 bits per heavy atom. The second kappa shape index (κ2) is 6.70. The van der Waals surface area contributed by atoms with Crippen molar-refractivity contribution in [2.45, 2.75) is 24.4 Å². The zero-order chi connectivity index (χ0) is 12.7. The van der Waals surface area contributed by atoms with Crippen LogP contribution in [0.15, 0.2) is 11.2 Å². The van der Waals surface area contributed by atoms with Gasteiger partial charge < -0.3 is 10.5 Å². The van der Waals surface area contributed by atoms with Crippen molar-refractivity contribution in [3.8, 4) is 0 Å². The summed E-state index contributed by atoms with van der Waals surface area (Å²) in [6, 6.07) is 0. The van der Waals surface area contributed by atoms with Crippen LogP contribution in [0, 0.1) is 0 Å². The highest BCUT2D eigenvalue weighted by Crippen LogP contribution is 2.10. The van der Waals surface area contributed by atoms with E-state index in [4.69, 9.17) is 10.5 Å². The SMILES string of the molecule is COCCCCNS(=O)(=O)c1[nH]ncc1CN. The number of aromatic amines is 1. The fraction of sp³-hybridized carbons (Fsp3) is 0.667. The standard InChI is InChI=1S/C9H18N4O3S/c1-16-5-3-2-4-12-17(14,15)9-8(6-10)7-11-13-9/h7,12H,2-6,10H2,1H3,(H,11,13). The molecule has 0 radical (unpaired) electrons. The number of nitrogens with zero attached hydrogens (tertiary/aromatic N) is 1. The molecule has 0 aliphatic rings. The van der Waals surface area contributed by atoms with Gasteiger partial charge in [0.1, 0.15) is 0 Å². The van der Waals surface area contributed by atoms with Crippen LogP contribution in [0.3, 0.4) is 0 Å². The Hall–Kier alpha value is -0.960. The topological polar surface area (TPSA) is 110 Å². The molecule has 0 aliphatic heterocycles. The molecule has 0 unspecified atom stereocenters. The van der Waals surface area contributed by atoms with Crippen molar-refractivity contribution in [1.29, 1.82) is 0 Å². The minimum Gasteiger partial charge on any atom is -0.385 e. The third-order valence-corrected chi connectivity index (χ3v) is 3.71. The van der Waals surface area contributed by atoms with E-state index in [9.17, 15) is 8.42 Å². The van der Waals surface area contributed by atoms with Crippen LogP contribution in [0.5, 0.6) is 0 Å². The minimum atomic E-state index is -3.54. The molecular formula is C9H18N4O3S. The van der Waals surface area contributed by atoms with Gasteiger partial charge in [-0.15, -0.1) is 0 Å². The largest absolute Gasteiger partial charge is 0.385 e. The molecule has 98 valence electrons. The fourth-order valence-electron chi connectivity index (χ4n) is 1.33. The van der Waals surface area contributed by atoms with Gasteiger partial charge in [0.25, 0.3) is 10.0 Å². The van der Waals surface area contributed by atoms with Crippen LogP contribution in [0.2, 0.25) is 0 Å². The number of hydrogen-bond acceptors (Lipinski definition) is 5. The highest BCUT2D eigenvalue weighted by molar-refractivity contribution is 7.89. The molecule has 0 saturated heterocycles. The summed E-state index contributed by atoms with van der Waals surface area (Å²) in [6.45, 7) is 1.13. The van der Waals surface area contributed by atoms with E-state index in [2.05, 4.69) is 14.9 Å². The lowest BCUT2D eigenvalue weighted by atomic mass is 10.3. The number of ether oxygens (including phenoxy) is 1. The minimum absolute atomic E-state index is 0.0479. The number of nitrogens with one attached hydrogen (secondary N) is 2. The number of nitrogens with two attached hydrogens (primary N) is 1. The van der Waals surface area contributed by atoms with Gasteiger partial charge >= 0.3 is 0 Å². The Bertz CT molecular complexity index is 429. The normalized spacial score (nSPS) is 11.9. The van der Waals surface area contributed by atoms with Gasteiger partial charge in [-0.3, -0.25) is 5.10 Å². The van der Waals surface area contributed by atoms with Gasteiger partial charge in [0.2, 0.25) is 0 Å². The number of rotatable bonds is 8. The molecular weight excluding hydrogens is 244 g/mol. The Labute approximate surface area is 101 Å². The molecule has 0 aliphatic carbocycles. The molecule has 0 spiro atoms. The molecule has 0 atom stereocenters. The maximum atomic E-state index is 11.8. The molecule has 0 saturated carbocycles. The van der Waals surface area contributed by atoms with E-state index < -0.39 is 10.0 Å². The van der Waals surface area contributed by atoms with Crippen LogP contribution < -0.4 is 10.5 Å². The van der Waals surface area contributed by atoms with E-state index in [1.807, 2.05) is 0 Å². The zero-order valence-corrected chi connectivity index (χ0v) is 10.6. The summed E-state index contributed by atoms with van der Waals surface area (Å²) in [4.78, 5) is 0. The number of aromatic nitrogens is 2. The molecule has 0 bridgehead atoms. The average molecular weight is 262 g/mol. The average Bonchev–Trinajstić information content (AvgIpc) is 2.77. The molecule has 0 fully saturated rings. The second-order valence-electron chi connectivity index (χ2n) is 3.53. The van der Waals surface area contributed by atoms with Crippen molar-refractivity contribution in [2.75, 3.05) is 20.3 Å². The lowest BCUT2D eigenvalue weighted by Gasteiger charge is -2.06. The smallest absolute Gasteiger partial charge is 0.257 e. The summed E-state index contributed by atoms with van der Waals surface area (Å²) in [5.41, 5.74) is 5.90. The molecule has 1 rings (SSSR count). The van der Waals surface area contributed by atoms with E-state index in [0.717, 1.165) is 12.8 Å². The van der Waals surface area contributed by atoms with Crippen LogP contribution >= 0.6 is 0 Å². The monoisotopic (exact) mass is 262 g/mol. The molecule has 4 N–H and O–H groups in total. The lowest BCUT2D eigenvalue weighted by molar-refractivity contribution is 0.193. The first kappa shape index (κ1) is 14.1. The maximum Gasteiger partial charge on any atom is 0.257 e. The van der Waals surface area contributed by atoms with Crippen molar-refractivity contribution in [3.05, 3.63) is 11.8 Å². The first-order chi connectivity index (χ1) is 8.11. The first-order valence-corrected chi connectivity index (χ1v) is 6.81. The van der Waals surface area contributed by atoms with Crippen molar-refractivity contribution < 1.29 is 13.2 Å². The van der Waals surface area contributed by atoms with Gasteiger partial charge in [-0.05, 0) is 12.8 Å². The molecule has 8 heteroatoms. The number of methoxy groups -OCH3 is 1. The van der Waals surface area contributed by atoms with Crippen LogP contribution in [0.1, 0.15) is 18.4 Å². The van der Waals surface area contributed by atoms with Crippen molar-refractivity contribution in [3.63, 3.8) is 0 Å². The van der Waals surface area contributed by atoms with Gasteiger partial charge in [0, 0.05) is 32.4 Å². The third-order valence-electron chi connectivity index (χ3n) is 2.23. The summed E-state index contributed by atoms with van der Waals surface area (Å²) in [5, 5.41) is 6.16. The molecule has 0 aromatic carbocycles. The lowest BCUT2D eigenvalue weighted by Crippen LogP contribution is -2.26. The van der Waals surface area contributed by atoms with Gasteiger partial charge in [-0.1, -0.05) is 0 Å². The van der Waals surface area contributed by atoms with E-state index in [1.54, 1.807) is 7.11 Å². The van der Waals surface area contributed by atoms with E-state index in [0.29, 0.717) is 18.7 Å². The quantitative estimate of drug-likeness (QED) is 0.551. The molecule has 1 aromatic rings. The summed E-state index contributed by atoms with van der Waals surface area (Å²) < 4.78 is 31.0. The predicted octanol–water partition coefficient (Wildman–Crippen LogP) is -0.427. The van der Waals surface area contributed by atoms with Crippen LogP contribution in [0.4, 0.5) is 0 Å². The zero-order valence-electron chi connectivity index (χ0n) is 9.77. The first-order valence-electron chi connectivity index (χ1n) is 5.32. The molecule has 1 heterocycles. The second-order valence-corrected chi connectivity index (χ2v) is 5.23. The fourth-order valence-corrected chi connectivity index (χ4v) is 2.54.